The number of likely N-dealkylation sites (N-methyl/N-ethyl adjacent to an activating group) is 2. The Morgan fingerprint density at radius 3 is 1.77 bits per heavy atom. The summed E-state index contributed by atoms with van der Waals surface area (Å²) in [6.45, 7) is 9.16. The Morgan fingerprint density at radius 2 is 1.17 bits per heavy atom. The van der Waals surface area contributed by atoms with Crippen molar-refractivity contribution in [3.8, 4) is 57.4 Å². The van der Waals surface area contributed by atoms with Crippen LogP contribution in [0.3, 0.4) is 0 Å². The molecule has 6 aromatic heterocycles. The van der Waals surface area contributed by atoms with Gasteiger partial charge in [-0.3, -0.25) is 9.59 Å². The second-order valence-electron chi connectivity index (χ2n) is 23.4. The van der Waals surface area contributed by atoms with Crippen molar-refractivity contribution >= 4 is 40.2 Å². The number of amides is 2. The van der Waals surface area contributed by atoms with E-state index in [4.69, 9.17) is 25.5 Å². The molecule has 2 aromatic carbocycles. The maximum absolute atomic E-state index is 17.0. The van der Waals surface area contributed by atoms with Crippen molar-refractivity contribution in [1.82, 2.24) is 63.7 Å². The van der Waals surface area contributed by atoms with E-state index in [1.165, 1.54) is 5.56 Å². The van der Waals surface area contributed by atoms with E-state index in [0.717, 1.165) is 94.5 Å². The molecule has 2 amide bonds. The Kier molecular flexibility index (Phi) is 18.7. The van der Waals surface area contributed by atoms with Gasteiger partial charge in [-0.2, -0.15) is 20.7 Å². The molecule has 0 unspecified atom stereocenters. The van der Waals surface area contributed by atoms with E-state index < -0.39 is 11.6 Å². The monoisotopic (exact) mass is 1180 g/mol. The number of likely N-dealkylation sites (tertiary alicyclic amines) is 3. The summed E-state index contributed by atoms with van der Waals surface area (Å²) in [4.78, 5) is 58.7. The van der Waals surface area contributed by atoms with Crippen molar-refractivity contribution in [1.29, 1.82) is 10.5 Å². The number of aromatic nitrogens is 8. The van der Waals surface area contributed by atoms with E-state index in [9.17, 15) is 9.59 Å². The normalized spacial score (nSPS) is 17.9. The lowest BCUT2D eigenvalue weighted by molar-refractivity contribution is -0.132. The van der Waals surface area contributed by atoms with Crippen LogP contribution in [0, 0.1) is 34.3 Å². The van der Waals surface area contributed by atoms with Gasteiger partial charge in [0, 0.05) is 107 Å². The first kappa shape index (κ1) is 59.8. The van der Waals surface area contributed by atoms with Crippen LogP contribution in [0.25, 0.3) is 56.3 Å². The van der Waals surface area contributed by atoms with Gasteiger partial charge in [-0.05, 0) is 128 Å². The first-order valence-corrected chi connectivity index (χ1v) is 30.1. The maximum atomic E-state index is 17.0. The molecule has 0 bridgehead atoms. The number of anilines is 3. The van der Waals surface area contributed by atoms with Crippen molar-refractivity contribution < 1.29 is 18.4 Å². The third-order valence-corrected chi connectivity index (χ3v) is 17.2. The third kappa shape index (κ3) is 13.7. The van der Waals surface area contributed by atoms with Crippen LogP contribution in [-0.4, -0.2) is 194 Å². The van der Waals surface area contributed by atoms with Gasteiger partial charge in [0.15, 0.2) is 34.9 Å². The van der Waals surface area contributed by atoms with Gasteiger partial charge in [0.05, 0.1) is 46.7 Å². The average molecular weight is 1180 g/mol. The number of hydrogen-bond donors (Lipinski definition) is 1. The maximum Gasteiger partial charge on any atom is 0.236 e. The number of hydrogen-bond acceptors (Lipinski definition) is 16. The van der Waals surface area contributed by atoms with Crippen molar-refractivity contribution in [2.75, 3.05) is 122 Å². The third-order valence-electron chi connectivity index (χ3n) is 17.2. The molecular weight excluding hydrogens is 1100 g/mol. The number of nitriles is 2. The topological polar surface area (TPSA) is 203 Å². The molecule has 22 heteroatoms. The largest absolute Gasteiger partial charge is 0.369 e. The van der Waals surface area contributed by atoms with Crippen molar-refractivity contribution in [2.45, 2.75) is 69.4 Å². The van der Waals surface area contributed by atoms with Crippen LogP contribution in [0.1, 0.15) is 62.8 Å². The fourth-order valence-electron chi connectivity index (χ4n) is 12.2. The van der Waals surface area contributed by atoms with Crippen LogP contribution in [0.5, 0.6) is 0 Å². The predicted molar refractivity (Wildman–Crippen MR) is 332 cm³/mol. The van der Waals surface area contributed by atoms with E-state index in [2.05, 4.69) is 66.3 Å². The van der Waals surface area contributed by atoms with Gasteiger partial charge in [0.1, 0.15) is 24.2 Å². The molecule has 4 aliphatic heterocycles. The lowest BCUT2D eigenvalue weighted by atomic mass is 9.89. The van der Waals surface area contributed by atoms with Gasteiger partial charge >= 0.3 is 0 Å². The molecule has 0 radical (unpaired) electrons. The number of carbonyl (C=O) groups excluding carboxylic acids is 2. The number of piperidine rings is 3. The van der Waals surface area contributed by atoms with E-state index in [1.807, 2.05) is 116 Å². The molecule has 1 N–H and O–H groups in total. The standard InChI is InChI=1S/C34H41FN10O.C31H33FN8O/c1-40(2)17-22-44(27-7-6-15-43(24-27)30(46)13-14-36)34-31(35)32(25-9-11-26(12-10-25)42-20-18-41(3)19-21-42)38-33(39-34)28-23-37-45-16-5-4-8-29(28)45;1-38-17-12-22(13-18-38)21-7-9-23(10-8-21)29-28(32)31(35-24-5-4-15-39(20-24)27(41)11-14-33)37-30(36-29)25-19-34-40-16-3-2-6-26(25)40/h4-5,8-12,16,23,27H,6-7,13,15,17-22,24H2,1-3H3;2-3,6-10,16,19,22,24H,4-5,11-13,15,17-18,20H2,1H3,(H,35,36,37)/t27-;24-/m11/s1. The first-order chi connectivity index (χ1) is 42.3. The molecule has 4 saturated heterocycles. The summed E-state index contributed by atoms with van der Waals surface area (Å²) in [6.07, 6.45) is 12.1. The molecule has 450 valence electrons. The number of halogens is 2. The number of carbonyl (C=O) groups is 2. The molecule has 4 aliphatic rings. The van der Waals surface area contributed by atoms with Crippen LogP contribution in [0.2, 0.25) is 0 Å². The molecule has 8 aromatic rings. The highest BCUT2D eigenvalue weighted by Crippen LogP contribution is 2.37. The molecular formula is C65H74F2N18O2. The van der Waals surface area contributed by atoms with Gasteiger partial charge in [-0.1, -0.05) is 48.5 Å². The van der Waals surface area contributed by atoms with Gasteiger partial charge in [0.2, 0.25) is 11.8 Å². The van der Waals surface area contributed by atoms with Gasteiger partial charge in [-0.25, -0.2) is 37.7 Å². The molecule has 12 rings (SSSR count). The summed E-state index contributed by atoms with van der Waals surface area (Å²) in [6, 6.07) is 31.1. The van der Waals surface area contributed by atoms with E-state index in [-0.39, 0.29) is 59.8 Å². The zero-order valence-corrected chi connectivity index (χ0v) is 49.9. The van der Waals surface area contributed by atoms with Gasteiger partial charge in [0.25, 0.3) is 0 Å². The molecule has 87 heavy (non-hydrogen) atoms. The molecule has 0 spiro atoms. The Labute approximate surface area is 506 Å². The van der Waals surface area contributed by atoms with Gasteiger partial charge < -0.3 is 39.6 Å². The summed E-state index contributed by atoms with van der Waals surface area (Å²) >= 11 is 0. The molecule has 10 heterocycles. The Morgan fingerprint density at radius 1 is 0.621 bits per heavy atom. The van der Waals surface area contributed by atoms with E-state index in [1.54, 1.807) is 31.2 Å². The van der Waals surface area contributed by atoms with Crippen LogP contribution in [0.4, 0.5) is 26.1 Å². The van der Waals surface area contributed by atoms with Crippen LogP contribution in [0.15, 0.2) is 110 Å². The first-order valence-electron chi connectivity index (χ1n) is 30.1. The number of piperazine rings is 1. The number of nitrogens with one attached hydrogen (secondary N) is 1. The minimum atomic E-state index is -0.530. The predicted octanol–water partition coefficient (Wildman–Crippen LogP) is 8.35. The quantitative estimate of drug-likeness (QED) is 0.102. The molecule has 20 nitrogen and oxygen atoms in total. The lowest BCUT2D eigenvalue weighted by Crippen LogP contribution is -2.51. The minimum Gasteiger partial charge on any atom is -0.369 e. The second-order valence-corrected chi connectivity index (χ2v) is 23.4. The number of nitrogens with zero attached hydrogens (tertiary/aromatic N) is 17. The smallest absolute Gasteiger partial charge is 0.236 e. The van der Waals surface area contributed by atoms with Crippen molar-refractivity contribution in [2.24, 2.45) is 0 Å². The second kappa shape index (κ2) is 27.2. The van der Waals surface area contributed by atoms with Crippen LogP contribution in [-0.2, 0) is 9.59 Å². The Bertz CT molecular complexity index is 3790. The van der Waals surface area contributed by atoms with Gasteiger partial charge in [-0.15, -0.1) is 0 Å². The number of pyridine rings is 2. The van der Waals surface area contributed by atoms with E-state index >= 15 is 8.78 Å². The molecule has 0 aliphatic carbocycles. The summed E-state index contributed by atoms with van der Waals surface area (Å²) in [5.74, 6) is 0.135. The Hall–Kier alpha value is -8.96. The number of rotatable bonds is 15. The average Bonchev–Trinajstić information content (AvgIpc) is 2.28. The summed E-state index contributed by atoms with van der Waals surface area (Å²) in [5, 5.41) is 30.3. The molecule has 2 atom stereocenters. The lowest BCUT2D eigenvalue weighted by Gasteiger charge is -2.40. The SMILES string of the molecule is CN(C)CCN(c1nc(-c2cnn3ccccc23)nc(-c2ccc(N3CCN(C)CC3)cc2)c1F)[C@@H]1CCCN(C(=O)CC#N)C1.CN1CCC(c2ccc(-c3nc(-c4cnn5ccccc45)nc(N[C@@H]4CCCN(C(=O)CC#N)C4)c3F)cc2)CC1. The summed E-state index contributed by atoms with van der Waals surface area (Å²) in [5.41, 5.74) is 7.20. The zero-order valence-electron chi connectivity index (χ0n) is 49.9. The minimum absolute atomic E-state index is 0.0965. The molecule has 0 saturated carbocycles. The number of benzene rings is 2. The molecule has 4 fully saturated rings. The van der Waals surface area contributed by atoms with Crippen molar-refractivity contribution in [3.63, 3.8) is 0 Å². The highest BCUT2D eigenvalue weighted by molar-refractivity contribution is 5.81. The van der Waals surface area contributed by atoms with Crippen molar-refractivity contribution in [3.05, 3.63) is 127 Å². The summed E-state index contributed by atoms with van der Waals surface area (Å²) < 4.78 is 36.6. The van der Waals surface area contributed by atoms with Crippen LogP contribution < -0.4 is 15.1 Å². The highest BCUT2D eigenvalue weighted by Gasteiger charge is 2.33. The summed E-state index contributed by atoms with van der Waals surface area (Å²) in [7, 11) is 8.25. The zero-order chi connectivity index (χ0) is 60.6. The fraction of sp³-hybridized carbons (Fsp3) is 0.415. The highest BCUT2D eigenvalue weighted by atomic mass is 19.1. The fourth-order valence-corrected chi connectivity index (χ4v) is 12.2. The Balaban J connectivity index is 0.000000181. The van der Waals surface area contributed by atoms with Crippen LogP contribution >= 0.6 is 0 Å². The van der Waals surface area contributed by atoms with E-state index in [0.29, 0.717) is 79.1 Å². The number of fused-ring (bicyclic) bond motifs is 2.